The summed E-state index contributed by atoms with van der Waals surface area (Å²) in [6.45, 7) is 3.25. The summed E-state index contributed by atoms with van der Waals surface area (Å²) >= 11 is 0. The molecule has 0 aliphatic rings. The first-order valence-electron chi connectivity index (χ1n) is 7.42. The van der Waals surface area contributed by atoms with Crippen LogP contribution < -0.4 is 10.6 Å². The first-order chi connectivity index (χ1) is 10.7. The molecular formula is C16H22N2O4. The average Bonchev–Trinajstić information content (AvgIpc) is 2.95. The van der Waals surface area contributed by atoms with Crippen LogP contribution in [0.15, 0.2) is 34.7 Å². The van der Waals surface area contributed by atoms with E-state index in [9.17, 15) is 4.79 Å². The van der Waals surface area contributed by atoms with Gasteiger partial charge < -0.3 is 24.9 Å². The van der Waals surface area contributed by atoms with Crippen molar-refractivity contribution in [2.45, 2.75) is 19.4 Å². The van der Waals surface area contributed by atoms with Crippen LogP contribution in [0.25, 0.3) is 11.0 Å². The topological polar surface area (TPSA) is 83.7 Å². The number of carbonyl (C=O) groups excluding carboxylic acids is 1. The van der Waals surface area contributed by atoms with Gasteiger partial charge in [-0.05, 0) is 25.5 Å². The molecule has 0 saturated carbocycles. The van der Waals surface area contributed by atoms with Crippen LogP contribution in [0.1, 0.15) is 25.1 Å². The van der Waals surface area contributed by atoms with Crippen molar-refractivity contribution in [2.75, 3.05) is 26.4 Å². The fourth-order valence-electron chi connectivity index (χ4n) is 2.08. The lowest BCUT2D eigenvalue weighted by atomic mass is 10.2. The van der Waals surface area contributed by atoms with Gasteiger partial charge in [-0.25, -0.2) is 4.79 Å². The van der Waals surface area contributed by atoms with Crippen molar-refractivity contribution in [1.29, 1.82) is 0 Å². The Bertz CT molecular complexity index is 564. The normalized spacial score (nSPS) is 12.3. The van der Waals surface area contributed by atoms with Crippen LogP contribution >= 0.6 is 0 Å². The van der Waals surface area contributed by atoms with Crippen LogP contribution in [0, 0.1) is 0 Å². The highest BCUT2D eigenvalue weighted by atomic mass is 16.5. The third-order valence-electron chi connectivity index (χ3n) is 3.21. The van der Waals surface area contributed by atoms with Gasteiger partial charge in [-0.2, -0.15) is 0 Å². The highest BCUT2D eigenvalue weighted by Crippen LogP contribution is 2.23. The molecule has 0 aliphatic heterocycles. The fourth-order valence-corrected chi connectivity index (χ4v) is 2.08. The molecule has 1 heterocycles. The van der Waals surface area contributed by atoms with E-state index in [1.165, 1.54) is 0 Å². The maximum absolute atomic E-state index is 11.8. The van der Waals surface area contributed by atoms with E-state index in [0.29, 0.717) is 26.2 Å². The molecule has 0 fully saturated rings. The van der Waals surface area contributed by atoms with E-state index in [-0.39, 0.29) is 18.7 Å². The summed E-state index contributed by atoms with van der Waals surface area (Å²) in [6.07, 6.45) is 0.701. The van der Waals surface area contributed by atoms with Crippen LogP contribution in [-0.4, -0.2) is 37.5 Å². The lowest BCUT2D eigenvalue weighted by molar-refractivity contribution is 0.0909. The summed E-state index contributed by atoms with van der Waals surface area (Å²) in [6, 6.07) is 9.22. The summed E-state index contributed by atoms with van der Waals surface area (Å²) < 4.78 is 10.8. The third kappa shape index (κ3) is 4.75. The van der Waals surface area contributed by atoms with Crippen molar-refractivity contribution in [3.63, 3.8) is 0 Å². The largest absolute Gasteiger partial charge is 0.459 e. The smallest absolute Gasteiger partial charge is 0.315 e. The maximum atomic E-state index is 11.8. The van der Waals surface area contributed by atoms with E-state index in [1.54, 1.807) is 0 Å². The van der Waals surface area contributed by atoms with Gasteiger partial charge in [0.05, 0.1) is 19.3 Å². The SMILES string of the molecule is CC(NC(=O)NCCCOCCO)c1cc2ccccc2o1. The van der Waals surface area contributed by atoms with Gasteiger partial charge in [0.15, 0.2) is 0 Å². The van der Waals surface area contributed by atoms with E-state index in [1.807, 2.05) is 37.3 Å². The van der Waals surface area contributed by atoms with E-state index in [2.05, 4.69) is 10.6 Å². The van der Waals surface area contributed by atoms with Gasteiger partial charge in [0.1, 0.15) is 11.3 Å². The monoisotopic (exact) mass is 306 g/mol. The Kier molecular flexibility index (Phi) is 6.24. The van der Waals surface area contributed by atoms with Crippen molar-refractivity contribution < 1.29 is 19.1 Å². The van der Waals surface area contributed by atoms with Crippen LogP contribution in [0.3, 0.4) is 0 Å². The van der Waals surface area contributed by atoms with Crippen molar-refractivity contribution in [1.82, 2.24) is 10.6 Å². The molecule has 0 radical (unpaired) electrons. The molecule has 120 valence electrons. The minimum atomic E-state index is -0.241. The summed E-state index contributed by atoms with van der Waals surface area (Å²) in [7, 11) is 0. The number of aliphatic hydroxyl groups is 1. The molecule has 0 aliphatic carbocycles. The van der Waals surface area contributed by atoms with Gasteiger partial charge in [0.25, 0.3) is 0 Å². The van der Waals surface area contributed by atoms with Crippen LogP contribution in [0.5, 0.6) is 0 Å². The van der Waals surface area contributed by atoms with E-state index >= 15 is 0 Å². The second-order valence-corrected chi connectivity index (χ2v) is 5.00. The Morgan fingerprint density at radius 2 is 2.18 bits per heavy atom. The Hall–Kier alpha value is -2.05. The number of nitrogens with one attached hydrogen (secondary N) is 2. The standard InChI is InChI=1S/C16H22N2O4/c1-12(15-11-13-5-2-3-6-14(13)22-15)18-16(20)17-7-4-9-21-10-8-19/h2-3,5-6,11-12,19H,4,7-10H2,1H3,(H2,17,18,20). The predicted octanol–water partition coefficient (Wildman–Crippen LogP) is 2.19. The minimum absolute atomic E-state index is 0.0168. The van der Waals surface area contributed by atoms with Crippen molar-refractivity contribution in [3.05, 3.63) is 36.1 Å². The molecule has 0 saturated heterocycles. The van der Waals surface area contributed by atoms with Gasteiger partial charge >= 0.3 is 6.03 Å². The molecule has 1 aromatic heterocycles. The Balaban J connectivity index is 1.74. The Morgan fingerprint density at radius 3 is 2.95 bits per heavy atom. The Labute approximate surface area is 129 Å². The number of fused-ring (bicyclic) bond motifs is 1. The fraction of sp³-hybridized carbons (Fsp3) is 0.438. The second kappa shape index (κ2) is 8.41. The number of ether oxygens (including phenoxy) is 1. The quantitative estimate of drug-likeness (QED) is 0.653. The first-order valence-corrected chi connectivity index (χ1v) is 7.42. The number of furan rings is 1. The molecule has 3 N–H and O–H groups in total. The molecule has 6 nitrogen and oxygen atoms in total. The van der Waals surface area contributed by atoms with Crippen LogP contribution in [0.2, 0.25) is 0 Å². The summed E-state index contributed by atoms with van der Waals surface area (Å²) in [5.41, 5.74) is 0.813. The highest BCUT2D eigenvalue weighted by molar-refractivity contribution is 5.78. The summed E-state index contributed by atoms with van der Waals surface area (Å²) in [5.74, 6) is 0.725. The predicted molar refractivity (Wildman–Crippen MR) is 83.7 cm³/mol. The lowest BCUT2D eigenvalue weighted by Gasteiger charge is -2.12. The zero-order valence-corrected chi connectivity index (χ0v) is 12.7. The minimum Gasteiger partial charge on any atom is -0.459 e. The lowest BCUT2D eigenvalue weighted by Crippen LogP contribution is -2.37. The molecule has 1 unspecified atom stereocenters. The number of urea groups is 1. The van der Waals surface area contributed by atoms with Gasteiger partial charge in [0.2, 0.25) is 0 Å². The van der Waals surface area contributed by atoms with Crippen molar-refractivity contribution in [2.24, 2.45) is 0 Å². The van der Waals surface area contributed by atoms with Crippen LogP contribution in [0.4, 0.5) is 4.79 Å². The third-order valence-corrected chi connectivity index (χ3v) is 3.21. The highest BCUT2D eigenvalue weighted by Gasteiger charge is 2.13. The van der Waals surface area contributed by atoms with Gasteiger partial charge in [0, 0.05) is 18.5 Å². The molecule has 1 atom stereocenters. The molecule has 2 rings (SSSR count). The number of hydrogen-bond donors (Lipinski definition) is 3. The van der Waals surface area contributed by atoms with E-state index in [4.69, 9.17) is 14.3 Å². The number of rotatable bonds is 8. The second-order valence-electron chi connectivity index (χ2n) is 5.00. The summed E-state index contributed by atoms with van der Waals surface area (Å²) in [4.78, 5) is 11.8. The zero-order chi connectivity index (χ0) is 15.8. The van der Waals surface area contributed by atoms with Crippen LogP contribution in [-0.2, 0) is 4.74 Å². The molecule has 0 spiro atoms. The Morgan fingerprint density at radius 1 is 1.36 bits per heavy atom. The number of para-hydroxylation sites is 1. The number of benzene rings is 1. The number of aliphatic hydroxyl groups excluding tert-OH is 1. The van der Waals surface area contributed by atoms with E-state index < -0.39 is 0 Å². The zero-order valence-electron chi connectivity index (χ0n) is 12.7. The molecule has 6 heteroatoms. The van der Waals surface area contributed by atoms with Gasteiger partial charge in [-0.3, -0.25) is 0 Å². The van der Waals surface area contributed by atoms with Gasteiger partial charge in [-0.1, -0.05) is 18.2 Å². The number of amides is 2. The maximum Gasteiger partial charge on any atom is 0.315 e. The number of hydrogen-bond acceptors (Lipinski definition) is 4. The molecule has 0 bridgehead atoms. The molecule has 2 amide bonds. The number of carbonyl (C=O) groups is 1. The molecule has 2 aromatic rings. The van der Waals surface area contributed by atoms with Crippen molar-refractivity contribution in [3.8, 4) is 0 Å². The molecular weight excluding hydrogens is 284 g/mol. The van der Waals surface area contributed by atoms with Crippen molar-refractivity contribution >= 4 is 17.0 Å². The average molecular weight is 306 g/mol. The van der Waals surface area contributed by atoms with E-state index in [0.717, 1.165) is 16.7 Å². The van der Waals surface area contributed by atoms with Gasteiger partial charge in [-0.15, -0.1) is 0 Å². The molecule has 1 aromatic carbocycles. The first kappa shape index (κ1) is 16.3. The summed E-state index contributed by atoms with van der Waals surface area (Å²) in [5, 5.41) is 15.2. The molecule has 22 heavy (non-hydrogen) atoms.